The zero-order valence-electron chi connectivity index (χ0n) is 7.75. The quantitative estimate of drug-likeness (QED) is 0.721. The minimum absolute atomic E-state index is 0.0904. The van der Waals surface area contributed by atoms with E-state index in [9.17, 15) is 13.6 Å². The fourth-order valence-corrected chi connectivity index (χ4v) is 2.05. The molecule has 0 aromatic rings. The molecule has 0 saturated carbocycles. The van der Waals surface area contributed by atoms with Gasteiger partial charge in [-0.15, -0.1) is 0 Å². The van der Waals surface area contributed by atoms with Crippen LogP contribution in [0.1, 0.15) is 12.8 Å². The van der Waals surface area contributed by atoms with Crippen LogP contribution < -0.4 is 0 Å². The van der Waals surface area contributed by atoms with Crippen molar-refractivity contribution in [3.8, 4) is 6.07 Å². The summed E-state index contributed by atoms with van der Waals surface area (Å²) < 4.78 is 31.2. The van der Waals surface area contributed by atoms with Gasteiger partial charge in [-0.3, -0.25) is 4.79 Å². The van der Waals surface area contributed by atoms with Crippen LogP contribution in [0.5, 0.6) is 0 Å². The molecule has 1 amide bonds. The summed E-state index contributed by atoms with van der Waals surface area (Å²) in [5.74, 6) is -3.59. The van der Waals surface area contributed by atoms with E-state index in [0.717, 1.165) is 4.90 Å². The first-order valence-electron chi connectivity index (χ1n) is 4.31. The van der Waals surface area contributed by atoms with E-state index in [0.29, 0.717) is 0 Å². The highest BCUT2D eigenvalue weighted by molar-refractivity contribution is 14.1. The van der Waals surface area contributed by atoms with E-state index >= 15 is 0 Å². The molecule has 1 fully saturated rings. The molecule has 0 unspecified atom stereocenters. The fourth-order valence-electron chi connectivity index (χ4n) is 1.42. The number of likely N-dealkylation sites (tertiary alicyclic amines) is 1. The van der Waals surface area contributed by atoms with Gasteiger partial charge in [-0.1, -0.05) is 0 Å². The third-order valence-electron chi connectivity index (χ3n) is 2.22. The van der Waals surface area contributed by atoms with Gasteiger partial charge in [0.15, 0.2) is 0 Å². The van der Waals surface area contributed by atoms with Crippen molar-refractivity contribution in [1.82, 2.24) is 4.90 Å². The van der Waals surface area contributed by atoms with Gasteiger partial charge < -0.3 is 7.97 Å². The third-order valence-corrected chi connectivity index (χ3v) is 2.84. The summed E-state index contributed by atoms with van der Waals surface area (Å²) in [5.41, 5.74) is 0. The van der Waals surface area contributed by atoms with Crippen molar-refractivity contribution >= 4 is 28.9 Å². The first-order valence-corrected chi connectivity index (χ1v) is 5.19. The molecule has 1 atom stereocenters. The van der Waals surface area contributed by atoms with E-state index in [1.165, 1.54) is 23.0 Å². The normalized spacial score (nSPS) is 24.7. The van der Waals surface area contributed by atoms with Gasteiger partial charge in [-0.2, -0.15) is 5.26 Å². The molecule has 0 aromatic carbocycles. The molecular weight excluding hydrogens is 321 g/mol. The molecule has 1 saturated heterocycles. The maximum Gasteiger partial charge on any atom is 0.291 e. The number of nitrogens with zero attached hydrogens (tertiary/aromatic N) is 2. The lowest BCUT2D eigenvalue weighted by molar-refractivity contribution is -0.154. The molecule has 0 radical (unpaired) electrons. The predicted molar refractivity (Wildman–Crippen MR) is 55.3 cm³/mol. The van der Waals surface area contributed by atoms with Gasteiger partial charge in [0.05, 0.1) is 12.6 Å². The van der Waals surface area contributed by atoms with Crippen LogP contribution in [0.4, 0.5) is 8.78 Å². The largest absolute Gasteiger partial charge is 0.336 e. The summed E-state index contributed by atoms with van der Waals surface area (Å²) in [4.78, 5) is 12.2. The van der Waals surface area contributed by atoms with Crippen molar-refractivity contribution in [3.63, 3.8) is 0 Å². The average molecular weight is 330 g/mol. The standard InChI is InChI=1S/C8H9F2IN2O2/c9-8(10)5-13(7(14)1-3-12)4-2-6(8)15-11/h6H,1-2,4-5H2/t6-/m0/s1. The highest BCUT2D eigenvalue weighted by Crippen LogP contribution is 2.31. The van der Waals surface area contributed by atoms with Gasteiger partial charge in [0.25, 0.3) is 5.92 Å². The van der Waals surface area contributed by atoms with Crippen molar-refractivity contribution in [1.29, 1.82) is 5.26 Å². The van der Waals surface area contributed by atoms with Crippen LogP contribution >= 0.6 is 23.0 Å². The van der Waals surface area contributed by atoms with Crippen molar-refractivity contribution in [2.45, 2.75) is 24.9 Å². The lowest BCUT2D eigenvalue weighted by Gasteiger charge is -2.36. The highest BCUT2D eigenvalue weighted by atomic mass is 127. The number of carbonyl (C=O) groups is 1. The van der Waals surface area contributed by atoms with Crippen LogP contribution in [0, 0.1) is 11.3 Å². The summed E-state index contributed by atoms with van der Waals surface area (Å²) in [6.07, 6.45) is -1.41. The number of amides is 1. The number of hydrogen-bond acceptors (Lipinski definition) is 3. The number of nitriles is 1. The smallest absolute Gasteiger partial charge is 0.291 e. The molecule has 0 bridgehead atoms. The SMILES string of the molecule is N#CCC(=O)N1CC[C@H](OI)C(F)(F)C1. The second kappa shape index (κ2) is 5.03. The Morgan fingerprint density at radius 3 is 2.87 bits per heavy atom. The molecule has 7 heteroatoms. The number of halogens is 3. The Morgan fingerprint density at radius 1 is 1.73 bits per heavy atom. The van der Waals surface area contributed by atoms with E-state index in [-0.39, 0.29) is 19.4 Å². The van der Waals surface area contributed by atoms with Crippen LogP contribution in [0.3, 0.4) is 0 Å². The monoisotopic (exact) mass is 330 g/mol. The van der Waals surface area contributed by atoms with Gasteiger partial charge in [0, 0.05) is 6.54 Å². The van der Waals surface area contributed by atoms with Gasteiger partial charge in [-0.05, 0) is 6.42 Å². The number of hydrogen-bond donors (Lipinski definition) is 0. The van der Waals surface area contributed by atoms with Crippen molar-refractivity contribution in [2.75, 3.05) is 13.1 Å². The summed E-state index contributed by atoms with van der Waals surface area (Å²) in [5, 5.41) is 8.28. The zero-order chi connectivity index (χ0) is 11.5. The minimum atomic E-state index is -3.04. The van der Waals surface area contributed by atoms with E-state index in [1.54, 1.807) is 6.07 Å². The van der Waals surface area contributed by atoms with E-state index in [1.807, 2.05) is 0 Å². The Balaban J connectivity index is 2.62. The first-order chi connectivity index (χ1) is 7.01. The maximum absolute atomic E-state index is 13.3. The minimum Gasteiger partial charge on any atom is -0.336 e. The van der Waals surface area contributed by atoms with Crippen molar-refractivity contribution < 1.29 is 16.6 Å². The fraction of sp³-hybridized carbons (Fsp3) is 0.750. The molecule has 1 heterocycles. The molecular formula is C8H9F2IN2O2. The van der Waals surface area contributed by atoms with E-state index in [2.05, 4.69) is 3.07 Å². The topological polar surface area (TPSA) is 53.3 Å². The molecule has 4 nitrogen and oxygen atoms in total. The second-order valence-electron chi connectivity index (χ2n) is 3.28. The van der Waals surface area contributed by atoms with Crippen LogP contribution in [0.15, 0.2) is 0 Å². The Bertz CT molecular complexity index is 293. The Kier molecular flexibility index (Phi) is 4.21. The predicted octanol–water partition coefficient (Wildman–Crippen LogP) is 1.50. The van der Waals surface area contributed by atoms with E-state index in [4.69, 9.17) is 5.26 Å². The Morgan fingerprint density at radius 2 is 2.40 bits per heavy atom. The molecule has 0 N–H and O–H groups in total. The molecule has 15 heavy (non-hydrogen) atoms. The molecule has 84 valence electrons. The number of carbonyl (C=O) groups excluding carboxylic acids is 1. The zero-order valence-corrected chi connectivity index (χ0v) is 9.91. The Hall–Kier alpha value is -0.490. The summed E-state index contributed by atoms with van der Waals surface area (Å²) in [6, 6.07) is 1.65. The van der Waals surface area contributed by atoms with Gasteiger partial charge in [0.2, 0.25) is 5.91 Å². The van der Waals surface area contributed by atoms with E-state index < -0.39 is 24.5 Å². The highest BCUT2D eigenvalue weighted by Gasteiger charge is 2.46. The molecule has 0 aliphatic carbocycles. The molecule has 0 spiro atoms. The third kappa shape index (κ3) is 2.98. The number of piperidine rings is 1. The summed E-state index contributed by atoms with van der Waals surface area (Å²) in [6.45, 7) is -0.453. The lowest BCUT2D eigenvalue weighted by atomic mass is 10.0. The van der Waals surface area contributed by atoms with Crippen molar-refractivity contribution in [3.05, 3.63) is 0 Å². The second-order valence-corrected chi connectivity index (χ2v) is 3.79. The number of alkyl halides is 2. The lowest BCUT2D eigenvalue weighted by Crippen LogP contribution is -2.53. The molecule has 1 aliphatic rings. The average Bonchev–Trinajstić information content (AvgIpc) is 2.16. The number of rotatable bonds is 2. The van der Waals surface area contributed by atoms with Gasteiger partial charge >= 0.3 is 0 Å². The molecule has 1 rings (SSSR count). The van der Waals surface area contributed by atoms with Gasteiger partial charge in [-0.25, -0.2) is 8.78 Å². The molecule has 1 aliphatic heterocycles. The van der Waals surface area contributed by atoms with Crippen LogP contribution in [0.25, 0.3) is 0 Å². The van der Waals surface area contributed by atoms with Crippen LogP contribution in [-0.2, 0) is 7.86 Å². The Labute approximate surface area is 99.9 Å². The summed E-state index contributed by atoms with van der Waals surface area (Å²) >= 11 is 1.44. The summed E-state index contributed by atoms with van der Waals surface area (Å²) in [7, 11) is 0. The molecule has 0 aromatic heterocycles. The van der Waals surface area contributed by atoms with Crippen LogP contribution in [-0.4, -0.2) is 35.9 Å². The maximum atomic E-state index is 13.3. The van der Waals surface area contributed by atoms with Crippen LogP contribution in [0.2, 0.25) is 0 Å². The van der Waals surface area contributed by atoms with Gasteiger partial charge in [0.1, 0.15) is 35.5 Å². The van der Waals surface area contributed by atoms with Crippen molar-refractivity contribution in [2.24, 2.45) is 0 Å². The first kappa shape index (κ1) is 12.6.